The Bertz CT molecular complexity index is 768. The molecule has 4 aliphatic carbocycles. The molecule has 2 amide bonds. The standard InChI is InChI=1S/C18H15BrClNO2/c1-7-4-12(19)13(20)6-14(7)21-17(22)15-8-2-3-9(11-5-10(8)11)16(15)18(21)23/h2-4,6,8-11,15-16H,5H2,1H3/t8-,9-,10-,11-,15+,16+/m0/s1. The highest BCUT2D eigenvalue weighted by Crippen LogP contribution is 2.65. The van der Waals surface area contributed by atoms with E-state index in [1.165, 1.54) is 11.3 Å². The second-order valence-corrected chi connectivity index (χ2v) is 8.48. The lowest BCUT2D eigenvalue weighted by atomic mass is 9.63. The summed E-state index contributed by atoms with van der Waals surface area (Å²) in [6, 6.07) is 3.59. The number of hydrogen-bond donors (Lipinski definition) is 0. The van der Waals surface area contributed by atoms with Gasteiger partial charge >= 0.3 is 0 Å². The molecule has 118 valence electrons. The third-order valence-corrected chi connectivity index (χ3v) is 7.34. The van der Waals surface area contributed by atoms with Crippen molar-refractivity contribution in [2.24, 2.45) is 35.5 Å². The Morgan fingerprint density at radius 1 is 1.09 bits per heavy atom. The first kappa shape index (κ1) is 14.2. The number of imide groups is 1. The normalized spacial score (nSPS) is 39.7. The molecule has 1 aromatic rings. The number of aryl methyl sites for hydroxylation is 1. The van der Waals surface area contributed by atoms with Crippen LogP contribution < -0.4 is 4.90 Å². The Morgan fingerprint density at radius 3 is 2.22 bits per heavy atom. The van der Waals surface area contributed by atoms with Crippen LogP contribution in [-0.4, -0.2) is 11.8 Å². The maximum atomic E-state index is 13.1. The Labute approximate surface area is 147 Å². The van der Waals surface area contributed by atoms with E-state index in [0.29, 0.717) is 22.5 Å². The van der Waals surface area contributed by atoms with Gasteiger partial charge < -0.3 is 0 Å². The average Bonchev–Trinajstić information content (AvgIpc) is 3.29. The van der Waals surface area contributed by atoms with Crippen LogP contribution in [0.1, 0.15) is 12.0 Å². The van der Waals surface area contributed by atoms with Crippen LogP contribution in [0.2, 0.25) is 5.02 Å². The van der Waals surface area contributed by atoms with E-state index < -0.39 is 0 Å². The third-order valence-electron chi connectivity index (χ3n) is 6.14. The van der Waals surface area contributed by atoms with Crippen LogP contribution in [0.25, 0.3) is 0 Å². The molecule has 5 heteroatoms. The lowest BCUT2D eigenvalue weighted by Crippen LogP contribution is -2.40. The highest BCUT2D eigenvalue weighted by Gasteiger charge is 2.67. The number of halogens is 2. The minimum atomic E-state index is -0.164. The van der Waals surface area contributed by atoms with Gasteiger partial charge in [-0.15, -0.1) is 0 Å². The number of rotatable bonds is 1. The van der Waals surface area contributed by atoms with Gasteiger partial charge in [0.2, 0.25) is 11.8 Å². The van der Waals surface area contributed by atoms with Crippen LogP contribution in [0.15, 0.2) is 28.8 Å². The molecule has 1 saturated heterocycles. The van der Waals surface area contributed by atoms with Gasteiger partial charge in [-0.3, -0.25) is 9.59 Å². The van der Waals surface area contributed by atoms with Gasteiger partial charge in [0.05, 0.1) is 22.5 Å². The van der Waals surface area contributed by atoms with Crippen LogP contribution in [0.3, 0.4) is 0 Å². The van der Waals surface area contributed by atoms with Gasteiger partial charge in [0, 0.05) is 4.47 Å². The summed E-state index contributed by atoms with van der Waals surface area (Å²) in [5, 5.41) is 0.519. The summed E-state index contributed by atoms with van der Waals surface area (Å²) in [6.45, 7) is 1.91. The van der Waals surface area contributed by atoms with Crippen molar-refractivity contribution in [1.82, 2.24) is 0 Å². The summed E-state index contributed by atoms with van der Waals surface area (Å²) in [4.78, 5) is 27.5. The van der Waals surface area contributed by atoms with E-state index in [-0.39, 0.29) is 35.5 Å². The van der Waals surface area contributed by atoms with Crippen molar-refractivity contribution in [2.75, 3.05) is 4.90 Å². The molecule has 3 fully saturated rings. The quantitative estimate of drug-likeness (QED) is 0.536. The third kappa shape index (κ3) is 1.71. The SMILES string of the molecule is Cc1cc(Br)c(Cl)cc1N1C(=O)[C@@H]2[C@H]3C=C[C@@H]([C@@H]4C[C@@H]34)[C@H]2C1=O. The number of allylic oxidation sites excluding steroid dienone is 2. The Morgan fingerprint density at radius 2 is 1.65 bits per heavy atom. The van der Waals surface area contributed by atoms with Crippen LogP contribution in [0, 0.1) is 42.4 Å². The second-order valence-electron chi connectivity index (χ2n) is 7.22. The highest BCUT2D eigenvalue weighted by atomic mass is 79.9. The van der Waals surface area contributed by atoms with Crippen LogP contribution in [0.4, 0.5) is 5.69 Å². The summed E-state index contributed by atoms with van der Waals surface area (Å²) < 4.78 is 0.778. The first-order chi connectivity index (χ1) is 11.0. The van der Waals surface area contributed by atoms with Gasteiger partial charge in [-0.2, -0.15) is 0 Å². The van der Waals surface area contributed by atoms with Crippen molar-refractivity contribution in [3.05, 3.63) is 39.3 Å². The van der Waals surface area contributed by atoms with Crippen molar-refractivity contribution in [3.8, 4) is 0 Å². The Hall–Kier alpha value is -1.13. The molecule has 1 aromatic carbocycles. The molecule has 0 aromatic heterocycles. The highest BCUT2D eigenvalue weighted by molar-refractivity contribution is 9.10. The van der Waals surface area contributed by atoms with Crippen molar-refractivity contribution >= 4 is 45.0 Å². The molecule has 2 bridgehead atoms. The molecule has 3 nitrogen and oxygen atoms in total. The van der Waals surface area contributed by atoms with Crippen LogP contribution in [-0.2, 0) is 9.59 Å². The van der Waals surface area contributed by atoms with Crippen molar-refractivity contribution in [1.29, 1.82) is 0 Å². The van der Waals surface area contributed by atoms with Gasteiger partial charge in [-0.25, -0.2) is 4.90 Å². The number of hydrogen-bond acceptors (Lipinski definition) is 2. The minimum Gasteiger partial charge on any atom is -0.274 e. The summed E-state index contributed by atoms with van der Waals surface area (Å²) in [5.74, 6) is 1.35. The fourth-order valence-corrected chi connectivity index (χ4v) is 5.69. The van der Waals surface area contributed by atoms with E-state index >= 15 is 0 Å². The van der Waals surface area contributed by atoms with E-state index in [4.69, 9.17) is 11.6 Å². The van der Waals surface area contributed by atoms with Crippen molar-refractivity contribution in [3.63, 3.8) is 0 Å². The van der Waals surface area contributed by atoms with Gasteiger partial charge in [0.25, 0.3) is 0 Å². The largest absolute Gasteiger partial charge is 0.274 e. The molecule has 0 spiro atoms. The molecule has 23 heavy (non-hydrogen) atoms. The molecule has 6 rings (SSSR count). The maximum Gasteiger partial charge on any atom is 0.238 e. The summed E-state index contributed by atoms with van der Waals surface area (Å²) in [5.41, 5.74) is 1.52. The molecule has 5 aliphatic rings. The molecular formula is C18H15BrClNO2. The maximum absolute atomic E-state index is 13.1. The lowest BCUT2D eigenvalue weighted by Gasteiger charge is -2.37. The number of anilines is 1. The van der Waals surface area contributed by atoms with Crippen LogP contribution in [0.5, 0.6) is 0 Å². The van der Waals surface area contributed by atoms with E-state index in [0.717, 1.165) is 10.0 Å². The monoisotopic (exact) mass is 391 g/mol. The summed E-state index contributed by atoms with van der Waals surface area (Å²) >= 11 is 9.60. The number of carbonyl (C=O) groups is 2. The zero-order valence-corrected chi connectivity index (χ0v) is 14.8. The number of carbonyl (C=O) groups excluding carboxylic acids is 2. The zero-order valence-electron chi connectivity index (χ0n) is 12.5. The predicted molar refractivity (Wildman–Crippen MR) is 91.1 cm³/mol. The molecule has 1 aliphatic heterocycles. The Kier molecular flexibility index (Phi) is 2.77. The number of amides is 2. The smallest absolute Gasteiger partial charge is 0.238 e. The molecule has 0 N–H and O–H groups in total. The van der Waals surface area contributed by atoms with Gasteiger partial charge in [-0.1, -0.05) is 23.8 Å². The fourth-order valence-electron chi connectivity index (χ4n) is 5.07. The minimum absolute atomic E-state index is 0.0359. The first-order valence-corrected chi connectivity index (χ1v) is 9.18. The molecule has 2 saturated carbocycles. The van der Waals surface area contributed by atoms with E-state index in [1.807, 2.05) is 13.0 Å². The van der Waals surface area contributed by atoms with Crippen molar-refractivity contribution in [2.45, 2.75) is 13.3 Å². The average molecular weight is 393 g/mol. The van der Waals surface area contributed by atoms with Gasteiger partial charge in [0.15, 0.2) is 0 Å². The number of benzene rings is 1. The summed E-state index contributed by atoms with van der Waals surface area (Å²) in [7, 11) is 0. The molecule has 0 radical (unpaired) electrons. The Balaban J connectivity index is 1.61. The first-order valence-electron chi connectivity index (χ1n) is 8.01. The summed E-state index contributed by atoms with van der Waals surface area (Å²) in [6.07, 6.45) is 5.56. The fraction of sp³-hybridized carbons (Fsp3) is 0.444. The topological polar surface area (TPSA) is 37.4 Å². The van der Waals surface area contributed by atoms with E-state index in [9.17, 15) is 9.59 Å². The molecule has 6 atom stereocenters. The van der Waals surface area contributed by atoms with E-state index in [1.54, 1.807) is 6.07 Å². The second kappa shape index (κ2) is 4.48. The van der Waals surface area contributed by atoms with Gasteiger partial charge in [-0.05, 0) is 70.6 Å². The van der Waals surface area contributed by atoms with Gasteiger partial charge in [0.1, 0.15) is 0 Å². The van der Waals surface area contributed by atoms with Crippen molar-refractivity contribution < 1.29 is 9.59 Å². The molecule has 0 unspecified atom stereocenters. The molecule has 1 heterocycles. The van der Waals surface area contributed by atoms with E-state index in [2.05, 4.69) is 28.1 Å². The lowest BCUT2D eigenvalue weighted by molar-refractivity contribution is -0.124. The number of nitrogens with zero attached hydrogens (tertiary/aromatic N) is 1. The zero-order chi connectivity index (χ0) is 16.0. The molecular weight excluding hydrogens is 378 g/mol. The van der Waals surface area contributed by atoms with Crippen LogP contribution >= 0.6 is 27.5 Å². The predicted octanol–water partition coefficient (Wildman–Crippen LogP) is 3.97.